The number of imidazole rings is 2. The van der Waals surface area contributed by atoms with Crippen LogP contribution in [0.3, 0.4) is 0 Å². The molecule has 0 bridgehead atoms. The first-order valence-electron chi connectivity index (χ1n) is 22.4. The van der Waals surface area contributed by atoms with Gasteiger partial charge in [0, 0.05) is 34.8 Å². The first kappa shape index (κ1) is 56.8. The Labute approximate surface area is 449 Å². The fraction of sp³-hybridized carbons (Fsp3) is 0.0769. The number of carboxylic acid groups (broad SMARTS) is 6. The van der Waals surface area contributed by atoms with Gasteiger partial charge in [-0.3, -0.25) is 0 Å². The van der Waals surface area contributed by atoms with Gasteiger partial charge in [0.25, 0.3) is 0 Å². The Morgan fingerprint density at radius 3 is 1.09 bits per heavy atom. The topological polar surface area (TPSA) is 339 Å². The molecule has 10 rings (SSSR count). The number of aliphatic carboxylic acids is 6. The van der Waals surface area contributed by atoms with Crippen molar-refractivity contribution in [3.63, 3.8) is 0 Å². The molecule has 0 radical (unpaired) electrons. The molecular weight excluding hydrogens is 1060 g/mol. The standard InChI is InChI=1S/2C23H18ClN5O.3C2H2O4/c2*24-20-8-4-7-18(13-20)23(28-12-11-25-16-28)19-9-10-21-22(14-19)29(27-26-21)30-15-17-5-2-1-3-6-17;3*3-1(4)2(5)6/h2*1-14,16,23H,15H2;3*(H,3,4)(H,5,6). The maximum Gasteiger partial charge on any atom is 0.414 e. The van der Waals surface area contributed by atoms with Crippen LogP contribution in [0, 0.1) is 0 Å². The van der Waals surface area contributed by atoms with Crippen molar-refractivity contribution < 1.29 is 69.1 Å². The maximum absolute atomic E-state index is 9.10. The molecule has 0 aliphatic heterocycles. The van der Waals surface area contributed by atoms with Gasteiger partial charge >= 0.3 is 35.8 Å². The largest absolute Gasteiger partial charge is 0.473 e. The zero-order valence-electron chi connectivity index (χ0n) is 40.1. The molecule has 6 N–H and O–H groups in total. The summed E-state index contributed by atoms with van der Waals surface area (Å²) in [6.07, 6.45) is 11.0. The van der Waals surface area contributed by atoms with Gasteiger partial charge in [-0.25, -0.2) is 38.7 Å². The van der Waals surface area contributed by atoms with E-state index >= 15 is 0 Å². The van der Waals surface area contributed by atoms with Crippen LogP contribution >= 0.6 is 23.2 Å². The van der Waals surface area contributed by atoms with Crippen LogP contribution in [-0.4, -0.2) is 116 Å². The molecule has 0 spiro atoms. The van der Waals surface area contributed by atoms with Gasteiger partial charge in [-0.05, 0) is 92.3 Å². The number of hydrogen-bond donors (Lipinski definition) is 6. The normalized spacial score (nSPS) is 11.1. The lowest BCUT2D eigenvalue weighted by molar-refractivity contribution is -0.159. The fourth-order valence-corrected chi connectivity index (χ4v) is 7.45. The van der Waals surface area contributed by atoms with E-state index in [0.29, 0.717) is 23.3 Å². The lowest BCUT2D eigenvalue weighted by Crippen LogP contribution is -2.14. The van der Waals surface area contributed by atoms with Crippen LogP contribution in [0.4, 0.5) is 0 Å². The highest BCUT2D eigenvalue weighted by molar-refractivity contribution is 6.31. The summed E-state index contributed by atoms with van der Waals surface area (Å²) in [4.78, 5) is 77.8. The molecule has 0 amide bonds. The van der Waals surface area contributed by atoms with E-state index in [2.05, 4.69) is 42.7 Å². The zero-order valence-corrected chi connectivity index (χ0v) is 41.6. The highest BCUT2D eigenvalue weighted by atomic mass is 35.5. The van der Waals surface area contributed by atoms with Crippen LogP contribution in [0.25, 0.3) is 22.1 Å². The van der Waals surface area contributed by atoms with Crippen molar-refractivity contribution in [3.05, 3.63) is 226 Å². The van der Waals surface area contributed by atoms with Crippen LogP contribution < -0.4 is 9.68 Å². The fourth-order valence-electron chi connectivity index (χ4n) is 7.05. The van der Waals surface area contributed by atoms with Gasteiger partial charge in [-0.15, -0.1) is 10.2 Å². The lowest BCUT2D eigenvalue weighted by Gasteiger charge is -2.20. The number of nitrogens with zero attached hydrogens (tertiary/aromatic N) is 10. The molecule has 26 heteroatoms. The molecule has 398 valence electrons. The Morgan fingerprint density at radius 2 is 0.782 bits per heavy atom. The summed E-state index contributed by atoms with van der Waals surface area (Å²) in [5.41, 5.74) is 9.48. The quantitative estimate of drug-likeness (QED) is 0.0705. The zero-order chi connectivity index (χ0) is 56.1. The Balaban J connectivity index is 0.000000193. The van der Waals surface area contributed by atoms with Crippen LogP contribution in [0.2, 0.25) is 10.0 Å². The third-order valence-electron chi connectivity index (χ3n) is 10.4. The predicted octanol–water partition coefficient (Wildman–Crippen LogP) is 6.56. The van der Waals surface area contributed by atoms with Crippen LogP contribution in [0.15, 0.2) is 183 Å². The van der Waals surface area contributed by atoms with Crippen LogP contribution in [-0.2, 0) is 42.0 Å². The molecule has 0 aliphatic carbocycles. The number of fused-ring (bicyclic) bond motifs is 2. The minimum Gasteiger partial charge on any atom is -0.473 e. The van der Waals surface area contributed by atoms with Gasteiger partial charge < -0.3 is 49.4 Å². The summed E-state index contributed by atoms with van der Waals surface area (Å²) in [5, 5.41) is 62.5. The second kappa shape index (κ2) is 27.7. The second-order valence-electron chi connectivity index (χ2n) is 15.7. The second-order valence-corrected chi connectivity index (χ2v) is 16.6. The number of rotatable bonds is 12. The van der Waals surface area contributed by atoms with Gasteiger partial charge in [-0.1, -0.05) is 130 Å². The van der Waals surface area contributed by atoms with E-state index in [-0.39, 0.29) is 12.1 Å². The number of hydrogen-bond acceptors (Lipinski definition) is 14. The third-order valence-corrected chi connectivity index (χ3v) is 10.9. The molecule has 2 atom stereocenters. The monoisotopic (exact) mass is 1100 g/mol. The van der Waals surface area contributed by atoms with Crippen LogP contribution in [0.5, 0.6) is 0 Å². The SMILES string of the molecule is Clc1cccc(C(c2ccc3nnn(OCc4ccccc4)c3c2)n2ccnc2)c1.Clc1cccc(C(c2ccc3nnn(OCc4ccccc4)c3c2)n2ccnc2)c1.O=C(O)C(=O)O.O=C(O)C(=O)O.O=C(O)C(=O)O. The molecule has 6 aromatic carbocycles. The smallest absolute Gasteiger partial charge is 0.414 e. The number of halogens is 2. The van der Waals surface area contributed by atoms with Crippen molar-refractivity contribution >= 4 is 81.1 Å². The van der Waals surface area contributed by atoms with Crippen molar-refractivity contribution in [2.75, 3.05) is 0 Å². The van der Waals surface area contributed by atoms with Gasteiger partial charge in [0.15, 0.2) is 0 Å². The highest BCUT2D eigenvalue weighted by Crippen LogP contribution is 2.32. The maximum atomic E-state index is 9.10. The van der Waals surface area contributed by atoms with Crippen LogP contribution in [0.1, 0.15) is 45.5 Å². The van der Waals surface area contributed by atoms with E-state index in [1.807, 2.05) is 155 Å². The average Bonchev–Trinajstić information content (AvgIpc) is 4.29. The summed E-state index contributed by atoms with van der Waals surface area (Å²) >= 11 is 12.5. The Kier molecular flexibility index (Phi) is 20.2. The van der Waals surface area contributed by atoms with Crippen molar-refractivity contribution in [2.45, 2.75) is 25.3 Å². The Hall–Kier alpha value is -10.5. The molecular formula is C52H42Cl2N10O14. The van der Waals surface area contributed by atoms with Crippen molar-refractivity contribution in [1.82, 2.24) is 49.4 Å². The van der Waals surface area contributed by atoms with Gasteiger partial charge in [0.2, 0.25) is 0 Å². The predicted molar refractivity (Wildman–Crippen MR) is 276 cm³/mol. The number of benzene rings is 6. The molecule has 0 fully saturated rings. The lowest BCUT2D eigenvalue weighted by atomic mass is 9.98. The molecule has 2 unspecified atom stereocenters. The molecule has 0 saturated heterocycles. The van der Waals surface area contributed by atoms with Gasteiger partial charge in [0.1, 0.15) is 35.3 Å². The summed E-state index contributed by atoms with van der Waals surface area (Å²) in [6.45, 7) is 0.811. The molecule has 4 heterocycles. The van der Waals surface area contributed by atoms with E-state index in [1.165, 1.54) is 9.69 Å². The van der Waals surface area contributed by atoms with E-state index in [9.17, 15) is 0 Å². The summed E-state index contributed by atoms with van der Waals surface area (Å²) in [5.74, 6) is -10.9. The average molecular weight is 1100 g/mol. The summed E-state index contributed by atoms with van der Waals surface area (Å²) in [6, 6.07) is 47.6. The first-order chi connectivity index (χ1) is 37.5. The minimum atomic E-state index is -1.82. The van der Waals surface area contributed by atoms with E-state index in [0.717, 1.165) is 55.4 Å². The van der Waals surface area contributed by atoms with Crippen molar-refractivity contribution in [1.29, 1.82) is 0 Å². The first-order valence-corrected chi connectivity index (χ1v) is 23.1. The van der Waals surface area contributed by atoms with Crippen molar-refractivity contribution in [3.8, 4) is 0 Å². The summed E-state index contributed by atoms with van der Waals surface area (Å²) < 4.78 is 4.09. The third kappa shape index (κ3) is 16.3. The highest BCUT2D eigenvalue weighted by Gasteiger charge is 2.21. The minimum absolute atomic E-state index is 0.0897. The van der Waals surface area contributed by atoms with Gasteiger partial charge in [0.05, 0.1) is 24.7 Å². The Morgan fingerprint density at radius 1 is 0.436 bits per heavy atom. The van der Waals surface area contributed by atoms with E-state index in [1.54, 1.807) is 25.0 Å². The molecule has 78 heavy (non-hydrogen) atoms. The molecule has 24 nitrogen and oxygen atoms in total. The van der Waals surface area contributed by atoms with E-state index < -0.39 is 35.8 Å². The molecule has 4 aromatic heterocycles. The number of aromatic nitrogens is 10. The summed E-state index contributed by atoms with van der Waals surface area (Å²) in [7, 11) is 0. The number of carbonyl (C=O) groups is 6. The molecule has 0 aliphatic rings. The van der Waals surface area contributed by atoms with Crippen molar-refractivity contribution in [2.24, 2.45) is 0 Å². The molecule has 0 saturated carbocycles. The number of carboxylic acids is 6. The van der Waals surface area contributed by atoms with E-state index in [4.69, 9.17) is 92.3 Å². The van der Waals surface area contributed by atoms with Gasteiger partial charge in [-0.2, -0.15) is 0 Å². The Bertz CT molecular complexity index is 3330. The molecule has 10 aromatic rings.